The maximum atomic E-state index is 10.8. The number of fused-ring (bicyclic) bond motifs is 1. The van der Waals surface area contributed by atoms with E-state index >= 15 is 0 Å². The lowest BCUT2D eigenvalue weighted by atomic mass is 10.1. The number of carboxylic acids is 1. The fraction of sp³-hybridized carbons (Fsp3) is 0.0833. The van der Waals surface area contributed by atoms with E-state index in [0.29, 0.717) is 5.69 Å². The van der Waals surface area contributed by atoms with Gasteiger partial charge in [-0.15, -0.1) is 0 Å². The third kappa shape index (κ3) is 1.91. The molecule has 0 unspecified atom stereocenters. The molecule has 0 amide bonds. The maximum Gasteiger partial charge on any atom is 0.353 e. The topological polar surface area (TPSA) is 83.8 Å². The zero-order valence-corrected chi connectivity index (χ0v) is 11.5. The SMILES string of the molecule is Cn1nc(Br)c2ccc(-c3cc(C(=O)O)[nH]n3)cc21. The second kappa shape index (κ2) is 4.20. The van der Waals surface area contributed by atoms with Crippen LogP contribution in [-0.2, 0) is 7.05 Å². The van der Waals surface area contributed by atoms with Gasteiger partial charge in [-0.2, -0.15) is 10.2 Å². The highest BCUT2D eigenvalue weighted by Crippen LogP contribution is 2.27. The third-order valence-corrected chi connectivity index (χ3v) is 3.50. The number of aromatic amines is 1. The van der Waals surface area contributed by atoms with E-state index in [1.807, 2.05) is 25.2 Å². The standard InChI is InChI=1S/C12H9BrN4O2/c1-17-10-4-6(2-3-7(10)11(13)16-17)8-5-9(12(18)19)15-14-8/h2-5H,1H3,(H,14,15)(H,18,19). The van der Waals surface area contributed by atoms with Gasteiger partial charge in [0.1, 0.15) is 10.3 Å². The van der Waals surface area contributed by atoms with Crippen LogP contribution in [0.1, 0.15) is 10.5 Å². The summed E-state index contributed by atoms with van der Waals surface area (Å²) < 4.78 is 2.54. The first kappa shape index (κ1) is 11.9. The predicted octanol–water partition coefficient (Wildman–Crippen LogP) is 2.42. The lowest BCUT2D eigenvalue weighted by molar-refractivity contribution is 0.0690. The second-order valence-corrected chi connectivity index (χ2v) is 4.87. The summed E-state index contributed by atoms with van der Waals surface area (Å²) in [5, 5.41) is 20.6. The lowest BCUT2D eigenvalue weighted by Gasteiger charge is -1.98. The molecule has 2 heterocycles. The van der Waals surface area contributed by atoms with Gasteiger partial charge in [-0.25, -0.2) is 4.79 Å². The summed E-state index contributed by atoms with van der Waals surface area (Å²) in [4.78, 5) is 10.8. The van der Waals surface area contributed by atoms with Gasteiger partial charge in [0, 0.05) is 18.0 Å². The Balaban J connectivity index is 2.14. The first-order valence-electron chi connectivity index (χ1n) is 5.47. The van der Waals surface area contributed by atoms with Crippen LogP contribution in [0, 0.1) is 0 Å². The van der Waals surface area contributed by atoms with Gasteiger partial charge in [-0.1, -0.05) is 6.07 Å². The first-order chi connectivity index (χ1) is 9.06. The molecule has 0 saturated heterocycles. The Bertz CT molecular complexity index is 790. The van der Waals surface area contributed by atoms with Crippen LogP contribution in [0.4, 0.5) is 0 Å². The van der Waals surface area contributed by atoms with E-state index in [1.54, 1.807) is 4.68 Å². The Labute approximate surface area is 116 Å². The van der Waals surface area contributed by atoms with E-state index in [9.17, 15) is 4.79 Å². The molecule has 0 aliphatic rings. The number of rotatable bonds is 2. The number of carboxylic acid groups (broad SMARTS) is 1. The normalized spacial score (nSPS) is 11.1. The number of hydrogen-bond donors (Lipinski definition) is 2. The summed E-state index contributed by atoms with van der Waals surface area (Å²) in [5.74, 6) is -1.02. The molecule has 19 heavy (non-hydrogen) atoms. The molecule has 1 aromatic carbocycles. The molecule has 7 heteroatoms. The van der Waals surface area contributed by atoms with Crippen LogP contribution in [0.25, 0.3) is 22.2 Å². The molecule has 6 nitrogen and oxygen atoms in total. The quantitative estimate of drug-likeness (QED) is 0.759. The van der Waals surface area contributed by atoms with Crippen molar-refractivity contribution in [3.8, 4) is 11.3 Å². The number of benzene rings is 1. The lowest BCUT2D eigenvalue weighted by Crippen LogP contribution is -1.95. The van der Waals surface area contributed by atoms with Crippen molar-refractivity contribution >= 4 is 32.8 Å². The van der Waals surface area contributed by atoms with Crippen molar-refractivity contribution in [2.75, 3.05) is 0 Å². The summed E-state index contributed by atoms with van der Waals surface area (Å²) in [6, 6.07) is 7.25. The van der Waals surface area contributed by atoms with Gasteiger partial charge in [-0.3, -0.25) is 9.78 Å². The van der Waals surface area contributed by atoms with Crippen molar-refractivity contribution in [2.45, 2.75) is 0 Å². The van der Waals surface area contributed by atoms with Crippen molar-refractivity contribution in [3.63, 3.8) is 0 Å². The fourth-order valence-electron chi connectivity index (χ4n) is 1.95. The van der Waals surface area contributed by atoms with Gasteiger partial charge in [0.15, 0.2) is 0 Å². The Hall–Kier alpha value is -2.15. The molecule has 2 aromatic heterocycles. The number of nitrogens with zero attached hydrogens (tertiary/aromatic N) is 3. The van der Waals surface area contributed by atoms with Crippen molar-refractivity contribution in [3.05, 3.63) is 34.6 Å². The summed E-state index contributed by atoms with van der Waals surface area (Å²) in [5.41, 5.74) is 2.45. The monoisotopic (exact) mass is 320 g/mol. The van der Waals surface area contributed by atoms with E-state index in [4.69, 9.17) is 5.11 Å². The van der Waals surface area contributed by atoms with Crippen LogP contribution >= 0.6 is 15.9 Å². The van der Waals surface area contributed by atoms with Crippen LogP contribution in [0.3, 0.4) is 0 Å². The number of aromatic carboxylic acids is 1. The largest absolute Gasteiger partial charge is 0.477 e. The average molecular weight is 321 g/mol. The second-order valence-electron chi connectivity index (χ2n) is 4.12. The van der Waals surface area contributed by atoms with Gasteiger partial charge in [0.25, 0.3) is 0 Å². The van der Waals surface area contributed by atoms with Gasteiger partial charge in [0.2, 0.25) is 0 Å². The third-order valence-electron chi connectivity index (χ3n) is 2.91. The van der Waals surface area contributed by atoms with Crippen LogP contribution in [-0.4, -0.2) is 31.1 Å². The predicted molar refractivity (Wildman–Crippen MR) is 73.0 cm³/mol. The van der Waals surface area contributed by atoms with Crippen molar-refractivity contribution in [2.24, 2.45) is 7.05 Å². The number of aromatic nitrogens is 4. The van der Waals surface area contributed by atoms with Gasteiger partial charge >= 0.3 is 5.97 Å². The molecular weight excluding hydrogens is 312 g/mol. The molecule has 0 aliphatic carbocycles. The minimum Gasteiger partial charge on any atom is -0.477 e. The minimum atomic E-state index is -1.02. The Morgan fingerprint density at radius 3 is 2.89 bits per heavy atom. The Kier molecular flexibility index (Phi) is 2.63. The van der Waals surface area contributed by atoms with Crippen LogP contribution in [0.5, 0.6) is 0 Å². The summed E-state index contributed by atoms with van der Waals surface area (Å²) in [6.45, 7) is 0. The number of hydrogen-bond acceptors (Lipinski definition) is 3. The highest BCUT2D eigenvalue weighted by Gasteiger charge is 2.12. The van der Waals surface area contributed by atoms with E-state index < -0.39 is 5.97 Å². The minimum absolute atomic E-state index is 0.0706. The number of halogens is 1. The smallest absolute Gasteiger partial charge is 0.353 e. The van der Waals surface area contributed by atoms with Gasteiger partial charge in [-0.05, 0) is 34.1 Å². The molecule has 0 fully saturated rings. The van der Waals surface area contributed by atoms with Crippen molar-refractivity contribution < 1.29 is 9.90 Å². The first-order valence-corrected chi connectivity index (χ1v) is 6.27. The molecule has 2 N–H and O–H groups in total. The average Bonchev–Trinajstić information content (AvgIpc) is 2.96. The molecule has 0 radical (unpaired) electrons. The molecule has 0 atom stereocenters. The number of H-pyrrole nitrogens is 1. The molecule has 3 rings (SSSR count). The number of nitrogens with one attached hydrogen (secondary N) is 1. The summed E-state index contributed by atoms with van der Waals surface area (Å²) in [7, 11) is 1.85. The van der Waals surface area contributed by atoms with E-state index in [2.05, 4.69) is 31.2 Å². The fourth-order valence-corrected chi connectivity index (χ4v) is 2.52. The number of aryl methyl sites for hydroxylation is 1. The van der Waals surface area contributed by atoms with Gasteiger partial charge < -0.3 is 5.11 Å². The number of carbonyl (C=O) groups is 1. The van der Waals surface area contributed by atoms with Crippen molar-refractivity contribution in [1.82, 2.24) is 20.0 Å². The van der Waals surface area contributed by atoms with E-state index in [1.165, 1.54) is 6.07 Å². The van der Waals surface area contributed by atoms with E-state index in [-0.39, 0.29) is 5.69 Å². The maximum absolute atomic E-state index is 10.8. The molecule has 0 spiro atoms. The summed E-state index contributed by atoms with van der Waals surface area (Å²) >= 11 is 3.39. The molecular formula is C12H9BrN4O2. The van der Waals surface area contributed by atoms with Gasteiger partial charge in [0.05, 0.1) is 11.2 Å². The zero-order valence-electron chi connectivity index (χ0n) is 9.88. The molecule has 0 saturated carbocycles. The summed E-state index contributed by atoms with van der Waals surface area (Å²) in [6.07, 6.45) is 0. The molecule has 0 bridgehead atoms. The molecule has 3 aromatic rings. The van der Waals surface area contributed by atoms with E-state index in [0.717, 1.165) is 21.1 Å². The van der Waals surface area contributed by atoms with Crippen LogP contribution in [0.2, 0.25) is 0 Å². The zero-order chi connectivity index (χ0) is 13.6. The highest BCUT2D eigenvalue weighted by atomic mass is 79.9. The van der Waals surface area contributed by atoms with Crippen molar-refractivity contribution in [1.29, 1.82) is 0 Å². The molecule has 96 valence electrons. The highest BCUT2D eigenvalue weighted by molar-refractivity contribution is 9.10. The Morgan fingerprint density at radius 2 is 2.21 bits per heavy atom. The van der Waals surface area contributed by atoms with Crippen LogP contribution in [0.15, 0.2) is 28.9 Å². The van der Waals surface area contributed by atoms with Crippen LogP contribution < -0.4 is 0 Å². The molecule has 0 aliphatic heterocycles. The Morgan fingerprint density at radius 1 is 1.42 bits per heavy atom.